The van der Waals surface area contributed by atoms with Crippen molar-refractivity contribution in [1.29, 1.82) is 0 Å². The molecule has 15 heavy (non-hydrogen) atoms. The minimum Gasteiger partial charge on any atom is -0.396 e. The zero-order valence-electron chi connectivity index (χ0n) is 8.17. The third-order valence-electron chi connectivity index (χ3n) is 3.21. The molecule has 0 saturated heterocycles. The molecule has 0 aliphatic heterocycles. The van der Waals surface area contributed by atoms with Crippen molar-refractivity contribution in [3.63, 3.8) is 0 Å². The van der Waals surface area contributed by atoms with Crippen LogP contribution in [-0.2, 0) is 0 Å². The first-order chi connectivity index (χ1) is 6.93. The van der Waals surface area contributed by atoms with Crippen LogP contribution in [0.3, 0.4) is 0 Å². The van der Waals surface area contributed by atoms with Gasteiger partial charge in [0, 0.05) is 4.47 Å². The van der Waals surface area contributed by atoms with Crippen LogP contribution in [0.4, 0.5) is 8.78 Å². The Hall–Kier alpha value is -0.480. The fourth-order valence-corrected chi connectivity index (χ4v) is 2.28. The van der Waals surface area contributed by atoms with E-state index in [9.17, 15) is 8.78 Å². The number of alkyl halides is 2. The monoisotopic (exact) mass is 276 g/mol. The number of benzene rings is 1. The van der Waals surface area contributed by atoms with E-state index in [1.807, 2.05) is 0 Å². The van der Waals surface area contributed by atoms with Gasteiger partial charge < -0.3 is 5.11 Å². The first kappa shape index (κ1) is 11.0. The van der Waals surface area contributed by atoms with Gasteiger partial charge in [0.1, 0.15) is 0 Å². The second-order valence-corrected chi connectivity index (χ2v) is 5.10. The molecule has 0 unspecified atom stereocenters. The number of rotatable bonds is 2. The van der Waals surface area contributed by atoms with Crippen LogP contribution in [0, 0.1) is 5.41 Å². The lowest BCUT2D eigenvalue weighted by Gasteiger charge is -2.03. The number of aliphatic hydroxyl groups excluding tert-OH is 1. The highest BCUT2D eigenvalue weighted by atomic mass is 79.9. The van der Waals surface area contributed by atoms with Crippen LogP contribution in [0.15, 0.2) is 28.7 Å². The van der Waals surface area contributed by atoms with Crippen molar-refractivity contribution >= 4 is 15.9 Å². The molecular formula is C11H11BrF2O. The summed E-state index contributed by atoms with van der Waals surface area (Å²) >= 11 is 3.25. The molecule has 0 aromatic heterocycles. The van der Waals surface area contributed by atoms with Gasteiger partial charge in [-0.05, 0) is 17.7 Å². The van der Waals surface area contributed by atoms with E-state index in [4.69, 9.17) is 5.11 Å². The molecule has 82 valence electrons. The Kier molecular flexibility index (Phi) is 2.39. The first-order valence-corrected chi connectivity index (χ1v) is 5.47. The molecule has 0 radical (unpaired) electrons. The zero-order valence-corrected chi connectivity index (χ0v) is 9.76. The Balaban J connectivity index is 2.31. The number of aliphatic hydroxyl groups is 1. The molecule has 0 amide bonds. The molecule has 0 heterocycles. The number of halogens is 3. The molecule has 1 nitrogen and oxygen atoms in total. The first-order valence-electron chi connectivity index (χ1n) is 4.67. The van der Waals surface area contributed by atoms with Crippen LogP contribution in [0.25, 0.3) is 0 Å². The van der Waals surface area contributed by atoms with E-state index in [0.717, 1.165) is 4.47 Å². The Morgan fingerprint density at radius 2 is 1.87 bits per heavy atom. The third kappa shape index (κ3) is 1.42. The smallest absolute Gasteiger partial charge is 0.263 e. The van der Waals surface area contributed by atoms with Gasteiger partial charge in [-0.15, -0.1) is 0 Å². The lowest BCUT2D eigenvalue weighted by molar-refractivity contribution is 0.0436. The summed E-state index contributed by atoms with van der Waals surface area (Å²) in [4.78, 5) is 0. The molecule has 1 saturated carbocycles. The largest absolute Gasteiger partial charge is 0.396 e. The summed E-state index contributed by atoms with van der Waals surface area (Å²) in [6.07, 6.45) is 0. The Labute approximate surface area is 95.2 Å². The summed E-state index contributed by atoms with van der Waals surface area (Å²) in [5.74, 6) is -3.65. The lowest BCUT2D eigenvalue weighted by atomic mass is 10.0. The summed E-state index contributed by atoms with van der Waals surface area (Å²) in [6, 6.07) is 6.82. The van der Waals surface area contributed by atoms with E-state index in [0.29, 0.717) is 5.56 Å². The van der Waals surface area contributed by atoms with Crippen molar-refractivity contribution in [3.8, 4) is 0 Å². The van der Waals surface area contributed by atoms with Crippen molar-refractivity contribution in [3.05, 3.63) is 34.3 Å². The van der Waals surface area contributed by atoms with Gasteiger partial charge in [0.05, 0.1) is 17.9 Å². The fourth-order valence-electron chi connectivity index (χ4n) is 2.01. The summed E-state index contributed by atoms with van der Waals surface area (Å²) in [5, 5.41) is 9.00. The summed E-state index contributed by atoms with van der Waals surface area (Å²) in [6.45, 7) is 0.931. The average molecular weight is 277 g/mol. The maximum atomic E-state index is 13.5. The van der Waals surface area contributed by atoms with Gasteiger partial charge in [-0.2, -0.15) is 0 Å². The molecular weight excluding hydrogens is 266 g/mol. The highest BCUT2D eigenvalue weighted by Crippen LogP contribution is 2.70. The zero-order chi connectivity index (χ0) is 11.3. The van der Waals surface area contributed by atoms with Crippen molar-refractivity contribution in [2.45, 2.75) is 18.8 Å². The topological polar surface area (TPSA) is 20.2 Å². The molecule has 1 aromatic rings. The van der Waals surface area contributed by atoms with Crippen molar-refractivity contribution in [2.24, 2.45) is 5.41 Å². The SMILES string of the molecule is C[C@]1(CO)[C@H](c2ccc(Br)cc2)C1(F)F. The molecule has 1 aliphatic carbocycles. The van der Waals surface area contributed by atoms with Gasteiger partial charge in [-0.25, -0.2) is 8.78 Å². The summed E-state index contributed by atoms with van der Waals surface area (Å²) in [5.41, 5.74) is -0.708. The van der Waals surface area contributed by atoms with Gasteiger partial charge in [0.25, 0.3) is 5.92 Å². The van der Waals surface area contributed by atoms with E-state index in [1.54, 1.807) is 24.3 Å². The number of hydrogen-bond acceptors (Lipinski definition) is 1. The van der Waals surface area contributed by atoms with Crippen LogP contribution in [0.5, 0.6) is 0 Å². The lowest BCUT2D eigenvalue weighted by Crippen LogP contribution is -2.10. The Morgan fingerprint density at radius 1 is 1.33 bits per heavy atom. The summed E-state index contributed by atoms with van der Waals surface area (Å²) in [7, 11) is 0. The van der Waals surface area contributed by atoms with Gasteiger partial charge in [0.2, 0.25) is 0 Å². The summed E-state index contributed by atoms with van der Waals surface area (Å²) < 4.78 is 27.8. The standard InChI is InChI=1S/C11H11BrF2O/c1-10(6-15)9(11(10,13)14)7-2-4-8(12)5-3-7/h2-5,9,15H,6H2,1H3/t9-,10-/m0/s1. The van der Waals surface area contributed by atoms with Crippen molar-refractivity contribution in [2.75, 3.05) is 6.61 Å². The fraction of sp³-hybridized carbons (Fsp3) is 0.455. The normalized spacial score (nSPS) is 32.7. The maximum Gasteiger partial charge on any atom is 0.263 e. The Morgan fingerprint density at radius 3 is 2.27 bits per heavy atom. The van der Waals surface area contributed by atoms with E-state index in [1.165, 1.54) is 6.92 Å². The van der Waals surface area contributed by atoms with Crippen LogP contribution >= 0.6 is 15.9 Å². The highest BCUT2D eigenvalue weighted by Gasteiger charge is 2.77. The third-order valence-corrected chi connectivity index (χ3v) is 3.74. The van der Waals surface area contributed by atoms with Crippen molar-refractivity contribution < 1.29 is 13.9 Å². The van der Waals surface area contributed by atoms with Crippen LogP contribution in [0.1, 0.15) is 18.4 Å². The van der Waals surface area contributed by atoms with Gasteiger partial charge in [-0.1, -0.05) is 35.0 Å². The average Bonchev–Trinajstić information content (AvgIpc) is 2.64. The molecule has 1 aromatic carbocycles. The minimum atomic E-state index is -2.80. The highest BCUT2D eigenvalue weighted by molar-refractivity contribution is 9.10. The molecule has 2 atom stereocenters. The van der Waals surface area contributed by atoms with Crippen molar-refractivity contribution in [1.82, 2.24) is 0 Å². The minimum absolute atomic E-state index is 0.485. The molecule has 2 rings (SSSR count). The predicted molar refractivity (Wildman–Crippen MR) is 57.0 cm³/mol. The van der Waals surface area contributed by atoms with E-state index >= 15 is 0 Å². The van der Waals surface area contributed by atoms with Crippen LogP contribution in [0.2, 0.25) is 0 Å². The maximum absolute atomic E-state index is 13.5. The van der Waals surface area contributed by atoms with E-state index < -0.39 is 23.9 Å². The predicted octanol–water partition coefficient (Wildman–Crippen LogP) is 3.18. The second-order valence-electron chi connectivity index (χ2n) is 4.18. The van der Waals surface area contributed by atoms with Gasteiger partial charge >= 0.3 is 0 Å². The van der Waals surface area contributed by atoms with E-state index in [2.05, 4.69) is 15.9 Å². The van der Waals surface area contributed by atoms with Crippen LogP contribution < -0.4 is 0 Å². The molecule has 1 aliphatic rings. The molecule has 1 fully saturated rings. The molecule has 0 bridgehead atoms. The quantitative estimate of drug-likeness (QED) is 0.880. The van der Waals surface area contributed by atoms with Crippen LogP contribution in [-0.4, -0.2) is 17.6 Å². The van der Waals surface area contributed by atoms with Gasteiger partial charge in [0.15, 0.2) is 0 Å². The van der Waals surface area contributed by atoms with E-state index in [-0.39, 0.29) is 0 Å². The molecule has 4 heteroatoms. The molecule has 0 spiro atoms. The molecule has 1 N–H and O–H groups in total. The number of hydrogen-bond donors (Lipinski definition) is 1. The van der Waals surface area contributed by atoms with Gasteiger partial charge in [-0.3, -0.25) is 0 Å². The second kappa shape index (κ2) is 3.25. The Bertz CT molecular complexity index is 377.